The molecule has 1 heterocycles. The molecule has 0 saturated carbocycles. The van der Waals surface area contributed by atoms with E-state index in [1.165, 1.54) is 12.3 Å². The van der Waals surface area contributed by atoms with Crippen LogP contribution in [0.25, 0.3) is 0 Å². The number of ketones is 2. The molecule has 0 bridgehead atoms. The molecular formula is C13H7BrN2O2. The molecule has 0 atom stereocenters. The molecule has 1 aromatic heterocycles. The van der Waals surface area contributed by atoms with Crippen LogP contribution in [0.4, 0.5) is 0 Å². The number of H-pyrrole nitrogens is 1. The summed E-state index contributed by atoms with van der Waals surface area (Å²) in [5, 5.41) is 8.64. The summed E-state index contributed by atoms with van der Waals surface area (Å²) in [6.07, 6.45) is 1.36. The minimum absolute atomic E-state index is 0.191. The summed E-state index contributed by atoms with van der Waals surface area (Å²) in [6, 6.07) is 9.83. The summed E-state index contributed by atoms with van der Waals surface area (Å²) in [7, 11) is 0. The highest BCUT2D eigenvalue weighted by atomic mass is 79.9. The van der Waals surface area contributed by atoms with E-state index in [0.29, 0.717) is 5.56 Å². The lowest BCUT2D eigenvalue weighted by Gasteiger charge is -1.99. The first-order valence-corrected chi connectivity index (χ1v) is 5.84. The van der Waals surface area contributed by atoms with Gasteiger partial charge in [-0.1, -0.05) is 28.1 Å². The molecule has 88 valence electrons. The number of aromatic amines is 1. The van der Waals surface area contributed by atoms with E-state index in [2.05, 4.69) is 20.9 Å². The van der Waals surface area contributed by atoms with Crippen LogP contribution in [0, 0.1) is 11.3 Å². The zero-order valence-electron chi connectivity index (χ0n) is 9.11. The van der Waals surface area contributed by atoms with E-state index < -0.39 is 11.6 Å². The van der Waals surface area contributed by atoms with E-state index >= 15 is 0 Å². The van der Waals surface area contributed by atoms with Crippen LogP contribution >= 0.6 is 15.9 Å². The summed E-state index contributed by atoms with van der Waals surface area (Å²) in [4.78, 5) is 26.4. The van der Waals surface area contributed by atoms with Gasteiger partial charge in [-0.15, -0.1) is 0 Å². The fourth-order valence-electron chi connectivity index (χ4n) is 1.48. The maximum atomic E-state index is 11.9. The van der Waals surface area contributed by atoms with Gasteiger partial charge in [-0.2, -0.15) is 5.26 Å². The van der Waals surface area contributed by atoms with Crippen molar-refractivity contribution in [2.45, 2.75) is 0 Å². The molecule has 4 nitrogen and oxygen atoms in total. The largest absolute Gasteiger partial charge is 0.352 e. The number of nitriles is 1. The molecule has 18 heavy (non-hydrogen) atoms. The summed E-state index contributed by atoms with van der Waals surface area (Å²) >= 11 is 3.24. The van der Waals surface area contributed by atoms with Crippen molar-refractivity contribution in [1.82, 2.24) is 4.98 Å². The fourth-order valence-corrected chi connectivity index (χ4v) is 1.88. The highest BCUT2D eigenvalue weighted by Gasteiger charge is 2.19. The summed E-state index contributed by atoms with van der Waals surface area (Å²) in [6.45, 7) is 0. The topological polar surface area (TPSA) is 73.7 Å². The van der Waals surface area contributed by atoms with Gasteiger partial charge in [0.05, 0.1) is 0 Å². The van der Waals surface area contributed by atoms with Crippen LogP contribution in [0.15, 0.2) is 41.0 Å². The Balaban J connectivity index is 2.29. The first kappa shape index (κ1) is 12.3. The number of benzene rings is 1. The Kier molecular flexibility index (Phi) is 3.40. The van der Waals surface area contributed by atoms with Gasteiger partial charge in [0, 0.05) is 21.8 Å². The lowest BCUT2D eigenvalue weighted by atomic mass is 10.0. The molecule has 2 rings (SSSR count). The average Bonchev–Trinajstić information content (AvgIpc) is 2.85. The summed E-state index contributed by atoms with van der Waals surface area (Å²) in [5.41, 5.74) is 0.756. The molecule has 0 fully saturated rings. The molecular weight excluding hydrogens is 296 g/mol. The molecule has 0 spiro atoms. The van der Waals surface area contributed by atoms with Crippen LogP contribution in [-0.4, -0.2) is 16.6 Å². The third-order valence-corrected chi connectivity index (χ3v) is 2.85. The van der Waals surface area contributed by atoms with Crippen LogP contribution in [0.1, 0.15) is 26.4 Å². The number of halogens is 1. The van der Waals surface area contributed by atoms with E-state index in [4.69, 9.17) is 5.26 Å². The van der Waals surface area contributed by atoms with Gasteiger partial charge < -0.3 is 4.98 Å². The van der Waals surface area contributed by atoms with Crippen molar-refractivity contribution in [3.05, 3.63) is 57.8 Å². The van der Waals surface area contributed by atoms with Crippen molar-refractivity contribution in [3.8, 4) is 6.07 Å². The molecule has 0 aliphatic heterocycles. The van der Waals surface area contributed by atoms with Crippen LogP contribution in [0.2, 0.25) is 0 Å². The Bertz CT molecular complexity index is 668. The molecule has 0 aliphatic rings. The van der Waals surface area contributed by atoms with Crippen LogP contribution in [-0.2, 0) is 0 Å². The van der Waals surface area contributed by atoms with Gasteiger partial charge >= 0.3 is 0 Å². The maximum absolute atomic E-state index is 11.9. The SMILES string of the molecule is N#Cc1cc(C(=O)C(=O)c2cccc(Br)c2)c[nH]1. The number of hydrogen-bond acceptors (Lipinski definition) is 3. The maximum Gasteiger partial charge on any atom is 0.235 e. The van der Waals surface area contributed by atoms with Gasteiger partial charge in [0.1, 0.15) is 11.8 Å². The number of aromatic nitrogens is 1. The molecule has 5 heteroatoms. The predicted octanol–water partition coefficient (Wildman–Crippen LogP) is 2.71. The van der Waals surface area contributed by atoms with Crippen molar-refractivity contribution < 1.29 is 9.59 Å². The van der Waals surface area contributed by atoms with Crippen molar-refractivity contribution in [2.75, 3.05) is 0 Å². The first-order valence-electron chi connectivity index (χ1n) is 5.05. The van der Waals surface area contributed by atoms with Crippen LogP contribution < -0.4 is 0 Å². The Morgan fingerprint density at radius 3 is 2.50 bits per heavy atom. The van der Waals surface area contributed by atoms with Crippen molar-refractivity contribution in [3.63, 3.8) is 0 Å². The van der Waals surface area contributed by atoms with Gasteiger partial charge in [0.25, 0.3) is 0 Å². The Labute approximate surface area is 111 Å². The third-order valence-electron chi connectivity index (χ3n) is 2.36. The highest BCUT2D eigenvalue weighted by molar-refractivity contribution is 9.10. The Morgan fingerprint density at radius 1 is 1.17 bits per heavy atom. The number of carbonyl (C=O) groups excluding carboxylic acids is 2. The van der Waals surface area contributed by atoms with Gasteiger partial charge in [0.15, 0.2) is 0 Å². The molecule has 2 aromatic rings. The zero-order valence-corrected chi connectivity index (χ0v) is 10.7. The van der Waals surface area contributed by atoms with Crippen molar-refractivity contribution >= 4 is 27.5 Å². The Hall–Kier alpha value is -2.19. The van der Waals surface area contributed by atoms with E-state index in [1.54, 1.807) is 24.3 Å². The van der Waals surface area contributed by atoms with Gasteiger partial charge in [-0.25, -0.2) is 0 Å². The summed E-state index contributed by atoms with van der Waals surface area (Å²) < 4.78 is 0.730. The van der Waals surface area contributed by atoms with Crippen molar-refractivity contribution in [1.29, 1.82) is 5.26 Å². The molecule has 0 unspecified atom stereocenters. The predicted molar refractivity (Wildman–Crippen MR) is 68.3 cm³/mol. The standard InChI is InChI=1S/C13H7BrN2O2/c14-10-3-1-2-8(4-10)12(17)13(18)9-5-11(6-15)16-7-9/h1-5,7,16H. The van der Waals surface area contributed by atoms with Crippen molar-refractivity contribution in [2.24, 2.45) is 0 Å². The normalized spacial score (nSPS) is 9.78. The minimum atomic E-state index is -0.633. The summed E-state index contributed by atoms with van der Waals surface area (Å²) in [5.74, 6) is -1.23. The molecule has 1 aromatic carbocycles. The molecule has 1 N–H and O–H groups in total. The minimum Gasteiger partial charge on any atom is -0.352 e. The second kappa shape index (κ2) is 4.98. The first-order chi connectivity index (χ1) is 8.61. The van der Waals surface area contributed by atoms with E-state index in [-0.39, 0.29) is 11.3 Å². The molecule has 0 amide bonds. The lowest BCUT2D eigenvalue weighted by Crippen LogP contribution is -2.13. The monoisotopic (exact) mass is 302 g/mol. The highest BCUT2D eigenvalue weighted by Crippen LogP contribution is 2.14. The van der Waals surface area contributed by atoms with Crippen LogP contribution in [0.5, 0.6) is 0 Å². The van der Waals surface area contributed by atoms with Gasteiger partial charge in [0.2, 0.25) is 11.6 Å². The van der Waals surface area contributed by atoms with Crippen LogP contribution in [0.3, 0.4) is 0 Å². The second-order valence-corrected chi connectivity index (χ2v) is 4.50. The Morgan fingerprint density at radius 2 is 1.89 bits per heavy atom. The average molecular weight is 303 g/mol. The van der Waals surface area contributed by atoms with E-state index in [1.807, 2.05) is 6.07 Å². The number of carbonyl (C=O) groups is 2. The van der Waals surface area contributed by atoms with Gasteiger partial charge in [-0.3, -0.25) is 9.59 Å². The number of nitrogens with zero attached hydrogens (tertiary/aromatic N) is 1. The molecule has 0 saturated heterocycles. The van der Waals surface area contributed by atoms with E-state index in [9.17, 15) is 9.59 Å². The molecule has 0 radical (unpaired) electrons. The lowest BCUT2D eigenvalue weighted by molar-refractivity contribution is 0.0817. The third kappa shape index (κ3) is 2.39. The smallest absolute Gasteiger partial charge is 0.235 e. The number of nitrogens with one attached hydrogen (secondary N) is 1. The van der Waals surface area contributed by atoms with Gasteiger partial charge in [-0.05, 0) is 18.2 Å². The fraction of sp³-hybridized carbons (Fsp3) is 0. The van der Waals surface area contributed by atoms with E-state index in [0.717, 1.165) is 4.47 Å². The quantitative estimate of drug-likeness (QED) is 0.700. The second-order valence-electron chi connectivity index (χ2n) is 3.58. The zero-order chi connectivity index (χ0) is 13.1. The molecule has 0 aliphatic carbocycles. The number of hydrogen-bond donors (Lipinski definition) is 1. The number of Topliss-reactive ketones (excluding diaryl/α,β-unsaturated/α-hetero) is 2. The number of rotatable bonds is 3.